The van der Waals surface area contributed by atoms with Crippen molar-refractivity contribution in [1.29, 1.82) is 0 Å². The van der Waals surface area contributed by atoms with Gasteiger partial charge in [0, 0.05) is 24.8 Å². The van der Waals surface area contributed by atoms with Gasteiger partial charge in [0.2, 0.25) is 5.89 Å². The fraction of sp³-hybridized carbons (Fsp3) is 0.368. The molecular formula is C19H20N4O2S. The number of nitrogens with zero attached hydrogens (tertiary/aromatic N) is 4. The molecule has 1 amide bonds. The Balaban J connectivity index is 1.50. The van der Waals surface area contributed by atoms with Crippen LogP contribution in [0.1, 0.15) is 58.6 Å². The lowest BCUT2D eigenvalue weighted by molar-refractivity contribution is 0.0704. The normalized spacial score (nSPS) is 17.0. The van der Waals surface area contributed by atoms with Crippen LogP contribution >= 0.6 is 11.3 Å². The molecule has 6 nitrogen and oxygen atoms in total. The van der Waals surface area contributed by atoms with Crippen molar-refractivity contribution < 1.29 is 9.32 Å². The van der Waals surface area contributed by atoms with Crippen molar-refractivity contribution in [1.82, 2.24) is 20.0 Å². The van der Waals surface area contributed by atoms with Crippen molar-refractivity contribution in [2.75, 3.05) is 6.54 Å². The van der Waals surface area contributed by atoms with E-state index in [0.717, 1.165) is 30.7 Å². The number of hydrogen-bond acceptors (Lipinski definition) is 6. The van der Waals surface area contributed by atoms with Crippen LogP contribution < -0.4 is 0 Å². The molecule has 0 spiro atoms. The minimum absolute atomic E-state index is 0.0562. The maximum absolute atomic E-state index is 13.0. The van der Waals surface area contributed by atoms with E-state index in [1.54, 1.807) is 0 Å². The van der Waals surface area contributed by atoms with Crippen LogP contribution in [0.2, 0.25) is 0 Å². The van der Waals surface area contributed by atoms with Crippen molar-refractivity contribution in [3.05, 3.63) is 63.7 Å². The highest BCUT2D eigenvalue weighted by atomic mass is 32.1. The van der Waals surface area contributed by atoms with E-state index in [2.05, 4.69) is 27.3 Å². The largest absolute Gasteiger partial charge is 0.337 e. The van der Waals surface area contributed by atoms with Crippen LogP contribution in [0.5, 0.6) is 0 Å². The van der Waals surface area contributed by atoms with Gasteiger partial charge in [-0.1, -0.05) is 42.4 Å². The Morgan fingerprint density at radius 1 is 1.31 bits per heavy atom. The lowest BCUT2D eigenvalue weighted by Crippen LogP contribution is -2.31. The van der Waals surface area contributed by atoms with Crippen molar-refractivity contribution in [3.63, 3.8) is 0 Å². The summed E-state index contributed by atoms with van der Waals surface area (Å²) in [4.78, 5) is 23.7. The predicted molar refractivity (Wildman–Crippen MR) is 98.0 cm³/mol. The van der Waals surface area contributed by atoms with Crippen LogP contribution in [0.4, 0.5) is 0 Å². The second-order valence-electron chi connectivity index (χ2n) is 6.35. The van der Waals surface area contributed by atoms with Gasteiger partial charge in [-0.2, -0.15) is 4.98 Å². The summed E-state index contributed by atoms with van der Waals surface area (Å²) >= 11 is 1.53. The first-order valence-electron chi connectivity index (χ1n) is 8.86. The van der Waals surface area contributed by atoms with Gasteiger partial charge in [-0.3, -0.25) is 4.79 Å². The molecule has 0 saturated carbocycles. The molecule has 0 unspecified atom stereocenters. The summed E-state index contributed by atoms with van der Waals surface area (Å²) in [5, 5.41) is 6.75. The van der Waals surface area contributed by atoms with Gasteiger partial charge >= 0.3 is 0 Å². The molecule has 26 heavy (non-hydrogen) atoms. The summed E-state index contributed by atoms with van der Waals surface area (Å²) in [6.45, 7) is 2.68. The first-order chi connectivity index (χ1) is 12.7. The molecule has 1 atom stereocenters. The standard InChI is InChI=1S/C19H20N4O2S/c1-2-16-21-18(25-22-16)15-9-6-10-23(15)19(24)14-12-26-17(20-14)11-13-7-4-3-5-8-13/h3-5,7-8,12,15H,2,6,9-11H2,1H3/t15-/m0/s1. The average Bonchev–Trinajstić information content (AvgIpc) is 3.41. The summed E-state index contributed by atoms with van der Waals surface area (Å²) < 4.78 is 5.37. The van der Waals surface area contributed by atoms with Crippen LogP contribution in [0.25, 0.3) is 0 Å². The minimum Gasteiger partial charge on any atom is -0.337 e. The highest BCUT2D eigenvalue weighted by Crippen LogP contribution is 2.32. The number of carbonyl (C=O) groups excluding carboxylic acids is 1. The zero-order chi connectivity index (χ0) is 17.9. The Labute approximate surface area is 155 Å². The fourth-order valence-electron chi connectivity index (χ4n) is 3.22. The summed E-state index contributed by atoms with van der Waals surface area (Å²) in [7, 11) is 0. The maximum atomic E-state index is 13.0. The molecule has 0 aliphatic carbocycles. The molecule has 3 heterocycles. The van der Waals surface area contributed by atoms with E-state index in [1.807, 2.05) is 35.4 Å². The van der Waals surface area contributed by atoms with Crippen LogP contribution in [0.15, 0.2) is 40.2 Å². The molecule has 4 rings (SSSR count). The lowest BCUT2D eigenvalue weighted by atomic mass is 10.2. The van der Waals surface area contributed by atoms with E-state index in [4.69, 9.17) is 4.52 Å². The van der Waals surface area contributed by atoms with E-state index in [1.165, 1.54) is 16.9 Å². The van der Waals surface area contributed by atoms with Gasteiger partial charge in [-0.15, -0.1) is 11.3 Å². The van der Waals surface area contributed by atoms with Crippen molar-refractivity contribution in [3.8, 4) is 0 Å². The molecule has 1 saturated heterocycles. The Bertz CT molecular complexity index is 890. The van der Waals surface area contributed by atoms with Crippen LogP contribution in [0.3, 0.4) is 0 Å². The lowest BCUT2D eigenvalue weighted by Gasteiger charge is -2.20. The number of aromatic nitrogens is 3. The van der Waals surface area contributed by atoms with Gasteiger partial charge < -0.3 is 9.42 Å². The summed E-state index contributed by atoms with van der Waals surface area (Å²) in [5.74, 6) is 1.16. The summed E-state index contributed by atoms with van der Waals surface area (Å²) in [6.07, 6.45) is 3.24. The Kier molecular flexibility index (Phi) is 4.79. The van der Waals surface area contributed by atoms with Crippen molar-refractivity contribution in [2.45, 2.75) is 38.6 Å². The number of rotatable bonds is 5. The molecule has 1 aliphatic heterocycles. The van der Waals surface area contributed by atoms with E-state index in [0.29, 0.717) is 24.0 Å². The fourth-order valence-corrected chi connectivity index (χ4v) is 4.02. The highest BCUT2D eigenvalue weighted by Gasteiger charge is 2.35. The molecule has 0 N–H and O–H groups in total. The molecule has 3 aromatic rings. The van der Waals surface area contributed by atoms with Crippen molar-refractivity contribution in [2.24, 2.45) is 0 Å². The zero-order valence-corrected chi connectivity index (χ0v) is 15.4. The van der Waals surface area contributed by atoms with Gasteiger partial charge in [0.05, 0.1) is 5.01 Å². The number of aryl methyl sites for hydroxylation is 1. The third kappa shape index (κ3) is 3.39. The molecule has 134 valence electrons. The predicted octanol–water partition coefficient (Wildman–Crippen LogP) is 3.66. The first-order valence-corrected chi connectivity index (χ1v) is 9.74. The summed E-state index contributed by atoms with van der Waals surface area (Å²) in [6, 6.07) is 10.0. The molecule has 0 radical (unpaired) electrons. The Hall–Kier alpha value is -2.54. The second-order valence-corrected chi connectivity index (χ2v) is 7.29. The van der Waals surface area contributed by atoms with Crippen LogP contribution in [0, 0.1) is 0 Å². The zero-order valence-electron chi connectivity index (χ0n) is 14.6. The SMILES string of the molecule is CCc1noc([C@@H]2CCCN2C(=O)c2csc(Cc3ccccc3)n2)n1. The average molecular weight is 368 g/mol. The molecule has 1 aliphatic rings. The molecule has 1 aromatic carbocycles. The highest BCUT2D eigenvalue weighted by molar-refractivity contribution is 7.09. The Morgan fingerprint density at radius 3 is 2.92 bits per heavy atom. The van der Waals surface area contributed by atoms with Gasteiger partial charge in [0.25, 0.3) is 5.91 Å². The molecule has 0 bridgehead atoms. The monoisotopic (exact) mass is 368 g/mol. The number of amides is 1. The smallest absolute Gasteiger partial charge is 0.274 e. The first kappa shape index (κ1) is 16.9. The molecule has 7 heteroatoms. The summed E-state index contributed by atoms with van der Waals surface area (Å²) in [5.41, 5.74) is 1.70. The van der Waals surface area contributed by atoms with Gasteiger partial charge in [0.15, 0.2) is 5.82 Å². The van der Waals surface area contributed by atoms with Gasteiger partial charge in [-0.05, 0) is 18.4 Å². The third-order valence-electron chi connectivity index (χ3n) is 4.57. The minimum atomic E-state index is -0.144. The number of thiazole rings is 1. The Morgan fingerprint density at radius 2 is 2.15 bits per heavy atom. The van der Waals surface area contributed by atoms with E-state index >= 15 is 0 Å². The second kappa shape index (κ2) is 7.37. The van der Waals surface area contributed by atoms with Crippen LogP contribution in [-0.2, 0) is 12.8 Å². The van der Waals surface area contributed by atoms with Gasteiger partial charge in [-0.25, -0.2) is 4.98 Å². The number of likely N-dealkylation sites (tertiary alicyclic amines) is 1. The molecular weight excluding hydrogens is 348 g/mol. The molecule has 1 fully saturated rings. The van der Waals surface area contributed by atoms with Crippen LogP contribution in [-0.4, -0.2) is 32.5 Å². The maximum Gasteiger partial charge on any atom is 0.274 e. The van der Waals surface area contributed by atoms with Crippen molar-refractivity contribution >= 4 is 17.2 Å². The topological polar surface area (TPSA) is 72.1 Å². The van der Waals surface area contributed by atoms with Gasteiger partial charge in [0.1, 0.15) is 11.7 Å². The third-order valence-corrected chi connectivity index (χ3v) is 5.42. The van der Waals surface area contributed by atoms with E-state index < -0.39 is 0 Å². The number of hydrogen-bond donors (Lipinski definition) is 0. The van der Waals surface area contributed by atoms with E-state index in [-0.39, 0.29) is 11.9 Å². The number of benzene rings is 1. The quantitative estimate of drug-likeness (QED) is 0.687. The molecule has 2 aromatic heterocycles. The number of carbonyl (C=O) groups is 1. The van der Waals surface area contributed by atoms with E-state index in [9.17, 15) is 4.79 Å².